The van der Waals surface area contributed by atoms with Gasteiger partial charge < -0.3 is 10.1 Å². The van der Waals surface area contributed by atoms with E-state index in [0.29, 0.717) is 30.8 Å². The Hall–Kier alpha value is -2.33. The van der Waals surface area contributed by atoms with E-state index < -0.39 is 6.10 Å². The van der Waals surface area contributed by atoms with E-state index >= 15 is 0 Å². The number of nitrogens with zero attached hydrogens (tertiary/aromatic N) is 1. The Morgan fingerprint density at radius 2 is 1.75 bits per heavy atom. The molecule has 1 unspecified atom stereocenters. The van der Waals surface area contributed by atoms with Crippen LogP contribution < -0.4 is 10.1 Å². The van der Waals surface area contributed by atoms with E-state index in [4.69, 9.17) is 4.74 Å². The lowest BCUT2D eigenvalue weighted by molar-refractivity contribution is -0.129. The number of carbonyl (C=O) groups excluding carboxylic acids is 1. The number of benzene rings is 2. The molecule has 152 valence electrons. The third-order valence-corrected chi connectivity index (χ3v) is 4.60. The first kappa shape index (κ1) is 22.0. The number of para-hydroxylation sites is 1. The van der Waals surface area contributed by atoms with Gasteiger partial charge in [-0.3, -0.25) is 9.69 Å². The summed E-state index contributed by atoms with van der Waals surface area (Å²) in [5, 5.41) is 3.03. The predicted molar refractivity (Wildman–Crippen MR) is 115 cm³/mol. The van der Waals surface area contributed by atoms with Gasteiger partial charge in [-0.25, -0.2) is 0 Å². The first-order valence-corrected chi connectivity index (χ1v) is 10.1. The largest absolute Gasteiger partial charge is 0.479 e. The smallest absolute Gasteiger partial charge is 0.262 e. The highest BCUT2D eigenvalue weighted by Crippen LogP contribution is 2.15. The molecule has 2 aromatic carbocycles. The summed E-state index contributed by atoms with van der Waals surface area (Å²) in [7, 11) is 0. The summed E-state index contributed by atoms with van der Waals surface area (Å²) in [6, 6.07) is 18.4. The lowest BCUT2D eigenvalue weighted by Gasteiger charge is -2.30. The van der Waals surface area contributed by atoms with Crippen LogP contribution in [0.1, 0.15) is 38.8 Å². The second-order valence-corrected chi connectivity index (χ2v) is 8.07. The zero-order valence-electron chi connectivity index (χ0n) is 17.8. The van der Waals surface area contributed by atoms with E-state index in [1.54, 1.807) is 0 Å². The summed E-state index contributed by atoms with van der Waals surface area (Å²) in [6.07, 6.45) is -0.562. The van der Waals surface area contributed by atoms with Crippen molar-refractivity contribution in [2.24, 2.45) is 5.92 Å². The number of aryl methyl sites for hydroxylation is 1. The Balaban J connectivity index is 2.15. The monoisotopic (exact) mass is 382 g/mol. The van der Waals surface area contributed by atoms with E-state index in [1.807, 2.05) is 30.3 Å². The molecule has 1 N–H and O–H groups in total. The molecule has 4 nitrogen and oxygen atoms in total. The average molecular weight is 383 g/mol. The Morgan fingerprint density at radius 3 is 2.36 bits per heavy atom. The van der Waals surface area contributed by atoms with Crippen molar-refractivity contribution >= 4 is 5.91 Å². The maximum atomic E-state index is 12.9. The van der Waals surface area contributed by atoms with Crippen molar-refractivity contribution < 1.29 is 9.53 Å². The highest BCUT2D eigenvalue weighted by Gasteiger charge is 2.25. The number of rotatable bonds is 10. The predicted octanol–water partition coefficient (Wildman–Crippen LogP) is 4.43. The van der Waals surface area contributed by atoms with Crippen molar-refractivity contribution in [3.8, 4) is 5.75 Å². The Labute approximate surface area is 169 Å². The van der Waals surface area contributed by atoms with Crippen molar-refractivity contribution in [1.29, 1.82) is 0 Å². The fourth-order valence-corrected chi connectivity index (χ4v) is 2.97. The summed E-state index contributed by atoms with van der Waals surface area (Å²) in [4.78, 5) is 15.1. The van der Waals surface area contributed by atoms with Crippen LogP contribution in [0.4, 0.5) is 0 Å². The van der Waals surface area contributed by atoms with Crippen LogP contribution in [0.3, 0.4) is 0 Å². The average Bonchev–Trinajstić information content (AvgIpc) is 2.65. The molecule has 0 aliphatic carbocycles. The molecule has 0 spiro atoms. The maximum Gasteiger partial charge on any atom is 0.262 e. The van der Waals surface area contributed by atoms with Gasteiger partial charge >= 0.3 is 0 Å². The molecule has 28 heavy (non-hydrogen) atoms. The number of amides is 1. The maximum absolute atomic E-state index is 12.9. The number of carbonyl (C=O) groups is 1. The van der Waals surface area contributed by atoms with Gasteiger partial charge in [-0.2, -0.15) is 0 Å². The van der Waals surface area contributed by atoms with Gasteiger partial charge in [-0.1, -0.05) is 61.9 Å². The topological polar surface area (TPSA) is 41.6 Å². The van der Waals surface area contributed by atoms with Crippen molar-refractivity contribution in [3.05, 3.63) is 65.7 Å². The Morgan fingerprint density at radius 1 is 1.04 bits per heavy atom. The molecular weight excluding hydrogens is 348 g/mol. The first-order valence-electron chi connectivity index (χ1n) is 10.1. The normalized spacial score (nSPS) is 12.4. The molecular formula is C24H34N2O2. The molecule has 4 heteroatoms. The van der Waals surface area contributed by atoms with Gasteiger partial charge in [0.05, 0.1) is 0 Å². The van der Waals surface area contributed by atoms with Crippen molar-refractivity contribution in [2.45, 2.75) is 53.3 Å². The molecule has 2 aromatic rings. The molecule has 0 aliphatic rings. The second-order valence-electron chi connectivity index (χ2n) is 8.07. The lowest BCUT2D eigenvalue weighted by atomic mass is 10.1. The summed E-state index contributed by atoms with van der Waals surface area (Å²) < 4.78 is 6.10. The molecule has 1 amide bonds. The highest BCUT2D eigenvalue weighted by atomic mass is 16.5. The summed E-state index contributed by atoms with van der Waals surface area (Å²) in [5.74, 6) is 1.05. The van der Waals surface area contributed by atoms with Crippen molar-refractivity contribution in [3.63, 3.8) is 0 Å². The van der Waals surface area contributed by atoms with Crippen LogP contribution in [-0.2, 0) is 11.3 Å². The van der Waals surface area contributed by atoms with Crippen LogP contribution in [0.2, 0.25) is 0 Å². The van der Waals surface area contributed by atoms with Gasteiger partial charge in [-0.05, 0) is 44.4 Å². The summed E-state index contributed by atoms with van der Waals surface area (Å²) >= 11 is 0. The first-order chi connectivity index (χ1) is 13.3. The minimum Gasteiger partial charge on any atom is -0.479 e. The minimum atomic E-state index is -0.562. The minimum absolute atomic E-state index is 0.0626. The van der Waals surface area contributed by atoms with Gasteiger partial charge in [0.2, 0.25) is 0 Å². The van der Waals surface area contributed by atoms with E-state index in [9.17, 15) is 4.79 Å². The van der Waals surface area contributed by atoms with Crippen LogP contribution in [0.5, 0.6) is 5.75 Å². The molecule has 0 aliphatic heterocycles. The third-order valence-electron chi connectivity index (χ3n) is 4.60. The van der Waals surface area contributed by atoms with Crippen LogP contribution in [0.25, 0.3) is 0 Å². The van der Waals surface area contributed by atoms with Gasteiger partial charge in [0, 0.05) is 25.7 Å². The van der Waals surface area contributed by atoms with E-state index in [2.05, 4.69) is 69.1 Å². The summed E-state index contributed by atoms with van der Waals surface area (Å²) in [5.41, 5.74) is 2.49. The second kappa shape index (κ2) is 10.9. The number of hydrogen-bond donors (Lipinski definition) is 1. The summed E-state index contributed by atoms with van der Waals surface area (Å²) in [6.45, 7) is 12.5. The van der Waals surface area contributed by atoms with Crippen LogP contribution in [-0.4, -0.2) is 36.0 Å². The van der Waals surface area contributed by atoms with Gasteiger partial charge in [0.1, 0.15) is 5.75 Å². The van der Waals surface area contributed by atoms with Crippen molar-refractivity contribution in [1.82, 2.24) is 10.2 Å². The standard InChI is InChI=1S/C24H34N2O2/c1-18(2)15-25-24(27)23(28-22-12-7-6-8-13-22)17-26(19(3)4)16-21-11-9-10-20(5)14-21/h6-14,18-19,23H,15-17H2,1-5H3,(H,25,27). The number of nitrogens with one attached hydrogen (secondary N) is 1. The van der Waals surface area contributed by atoms with Crippen LogP contribution >= 0.6 is 0 Å². The van der Waals surface area contributed by atoms with E-state index in [0.717, 1.165) is 6.54 Å². The van der Waals surface area contributed by atoms with E-state index in [1.165, 1.54) is 11.1 Å². The van der Waals surface area contributed by atoms with Crippen LogP contribution in [0.15, 0.2) is 54.6 Å². The number of hydrogen-bond acceptors (Lipinski definition) is 3. The molecule has 0 saturated heterocycles. The molecule has 0 heterocycles. The molecule has 0 bridgehead atoms. The molecule has 0 saturated carbocycles. The molecule has 1 atom stereocenters. The quantitative estimate of drug-likeness (QED) is 0.661. The third kappa shape index (κ3) is 7.35. The van der Waals surface area contributed by atoms with Gasteiger partial charge in [-0.15, -0.1) is 0 Å². The van der Waals surface area contributed by atoms with Crippen LogP contribution in [0, 0.1) is 12.8 Å². The fourth-order valence-electron chi connectivity index (χ4n) is 2.97. The van der Waals surface area contributed by atoms with Crippen molar-refractivity contribution in [2.75, 3.05) is 13.1 Å². The van der Waals surface area contributed by atoms with Gasteiger partial charge in [0.15, 0.2) is 6.10 Å². The Kier molecular flexibility index (Phi) is 8.52. The number of ether oxygens (including phenoxy) is 1. The van der Waals surface area contributed by atoms with Gasteiger partial charge in [0.25, 0.3) is 5.91 Å². The molecule has 0 radical (unpaired) electrons. The zero-order valence-corrected chi connectivity index (χ0v) is 17.8. The fraction of sp³-hybridized carbons (Fsp3) is 0.458. The molecule has 0 fully saturated rings. The Bertz CT molecular complexity index is 728. The zero-order chi connectivity index (χ0) is 20.5. The lowest BCUT2D eigenvalue weighted by Crippen LogP contribution is -2.48. The molecule has 2 rings (SSSR count). The SMILES string of the molecule is Cc1cccc(CN(CC(Oc2ccccc2)C(=O)NCC(C)C)C(C)C)c1. The highest BCUT2D eigenvalue weighted by molar-refractivity contribution is 5.81. The molecule has 0 aromatic heterocycles. The van der Waals surface area contributed by atoms with E-state index in [-0.39, 0.29) is 5.91 Å².